The summed E-state index contributed by atoms with van der Waals surface area (Å²) in [6, 6.07) is 0. The highest BCUT2D eigenvalue weighted by Crippen LogP contribution is 2.32. The molecule has 0 amide bonds. The predicted octanol–water partition coefficient (Wildman–Crippen LogP) is 4.11. The van der Waals surface area contributed by atoms with Crippen molar-refractivity contribution in [2.45, 2.75) is 19.8 Å². The van der Waals surface area contributed by atoms with Crippen LogP contribution in [0.5, 0.6) is 5.75 Å². The minimum absolute atomic E-state index is 0.0120. The van der Waals surface area contributed by atoms with Crippen LogP contribution in [-0.2, 0) is 9.47 Å². The highest BCUT2D eigenvalue weighted by atomic mass is 35.5. The topological polar surface area (TPSA) is 27.7 Å². The van der Waals surface area contributed by atoms with Crippen LogP contribution >= 0.6 is 11.6 Å². The van der Waals surface area contributed by atoms with Crippen LogP contribution in [0.3, 0.4) is 0 Å². The van der Waals surface area contributed by atoms with Crippen molar-refractivity contribution in [1.82, 2.24) is 0 Å². The molecule has 0 N–H and O–H groups in total. The molecule has 0 aliphatic rings. The van der Waals surface area contributed by atoms with Gasteiger partial charge in [0, 0.05) is 6.61 Å². The minimum Gasteiger partial charge on any atom is -0.485 e. The molecule has 126 valence electrons. The van der Waals surface area contributed by atoms with E-state index in [0.29, 0.717) is 13.2 Å². The largest absolute Gasteiger partial charge is 0.485 e. The lowest BCUT2D eigenvalue weighted by atomic mass is 10.3. The molecule has 0 atom stereocenters. The summed E-state index contributed by atoms with van der Waals surface area (Å²) >= 11 is 5.09. The van der Waals surface area contributed by atoms with Crippen LogP contribution in [0.25, 0.3) is 0 Å². The number of halogens is 5. The van der Waals surface area contributed by atoms with Crippen molar-refractivity contribution in [3.8, 4) is 5.75 Å². The van der Waals surface area contributed by atoms with Crippen LogP contribution in [-0.4, -0.2) is 33.0 Å². The first-order valence-corrected chi connectivity index (χ1v) is 7.18. The third-order valence-corrected chi connectivity index (χ3v) is 2.99. The molecule has 0 aliphatic heterocycles. The van der Waals surface area contributed by atoms with E-state index >= 15 is 0 Å². The molecule has 3 nitrogen and oxygen atoms in total. The van der Waals surface area contributed by atoms with Gasteiger partial charge in [-0.05, 0) is 6.42 Å². The van der Waals surface area contributed by atoms with Crippen LogP contribution < -0.4 is 4.74 Å². The maximum Gasteiger partial charge on any atom is 0.205 e. The summed E-state index contributed by atoms with van der Waals surface area (Å²) in [7, 11) is 0. The monoisotopic (exact) mass is 344 g/mol. The number of rotatable bonds is 10. The first-order valence-electron chi connectivity index (χ1n) is 6.80. The summed E-state index contributed by atoms with van der Waals surface area (Å²) in [5.41, 5.74) is 0. The Balaban J connectivity index is 2.34. The van der Waals surface area contributed by atoms with E-state index in [1.54, 1.807) is 0 Å². The summed E-state index contributed by atoms with van der Waals surface area (Å²) in [5.74, 6) is -7.89. The summed E-state index contributed by atoms with van der Waals surface area (Å²) in [5, 5.41) is -1.25. The summed E-state index contributed by atoms with van der Waals surface area (Å²) in [6.45, 7) is 3.05. The van der Waals surface area contributed by atoms with Crippen LogP contribution in [0.2, 0.25) is 5.02 Å². The van der Waals surface area contributed by atoms with E-state index in [1.165, 1.54) is 0 Å². The van der Waals surface area contributed by atoms with Crippen molar-refractivity contribution in [2.24, 2.45) is 0 Å². The number of hydrogen-bond acceptors (Lipinski definition) is 3. The Morgan fingerprint density at radius 2 is 1.27 bits per heavy atom. The molecule has 0 saturated carbocycles. The van der Waals surface area contributed by atoms with Crippen LogP contribution in [0.15, 0.2) is 0 Å². The maximum absolute atomic E-state index is 13.4. The van der Waals surface area contributed by atoms with Crippen LogP contribution in [0.1, 0.15) is 19.8 Å². The van der Waals surface area contributed by atoms with E-state index in [-0.39, 0.29) is 19.8 Å². The molecule has 0 bridgehead atoms. The van der Waals surface area contributed by atoms with Crippen molar-refractivity contribution >= 4 is 11.6 Å². The smallest absolute Gasteiger partial charge is 0.205 e. The second kappa shape index (κ2) is 9.86. The third-order valence-electron chi connectivity index (χ3n) is 2.66. The van der Waals surface area contributed by atoms with Gasteiger partial charge in [-0.3, -0.25) is 0 Å². The number of unbranched alkanes of at least 4 members (excludes halogenated alkanes) is 1. The normalized spacial score (nSPS) is 11.0. The SMILES string of the molecule is CCCCOCCOCCOc1c(F)c(F)c(Cl)c(F)c1F. The quantitative estimate of drug-likeness (QED) is 0.277. The van der Waals surface area contributed by atoms with Gasteiger partial charge >= 0.3 is 0 Å². The summed E-state index contributed by atoms with van der Waals surface area (Å²) < 4.78 is 68.1. The highest BCUT2D eigenvalue weighted by molar-refractivity contribution is 6.30. The third kappa shape index (κ3) is 5.30. The average Bonchev–Trinajstić information content (AvgIpc) is 2.52. The first-order chi connectivity index (χ1) is 10.5. The standard InChI is InChI=1S/C14H17ClF4O3/c1-2-3-4-20-5-6-21-7-8-22-14-12(18)10(16)9(15)11(17)13(14)19/h2-8H2,1H3. The Hall–Kier alpha value is -1.05. The van der Waals surface area contributed by atoms with Crippen molar-refractivity contribution < 1.29 is 31.8 Å². The molecule has 0 fully saturated rings. The van der Waals surface area contributed by atoms with Gasteiger partial charge in [-0.2, -0.15) is 8.78 Å². The van der Waals surface area contributed by atoms with E-state index in [9.17, 15) is 17.6 Å². The van der Waals surface area contributed by atoms with Crippen molar-refractivity contribution in [2.75, 3.05) is 33.0 Å². The molecule has 0 spiro atoms. The van der Waals surface area contributed by atoms with Crippen LogP contribution in [0, 0.1) is 23.3 Å². The fourth-order valence-electron chi connectivity index (χ4n) is 1.48. The summed E-state index contributed by atoms with van der Waals surface area (Å²) in [4.78, 5) is 0. The number of hydrogen-bond donors (Lipinski definition) is 0. The molecular formula is C14H17ClF4O3. The first kappa shape index (κ1) is 19.0. The van der Waals surface area contributed by atoms with E-state index in [0.717, 1.165) is 12.8 Å². The molecular weight excluding hydrogens is 328 g/mol. The molecule has 1 aromatic carbocycles. The number of ether oxygens (including phenoxy) is 3. The average molecular weight is 345 g/mol. The van der Waals surface area contributed by atoms with Crippen LogP contribution in [0.4, 0.5) is 17.6 Å². The highest BCUT2D eigenvalue weighted by Gasteiger charge is 2.25. The molecule has 0 aromatic heterocycles. The molecule has 8 heteroatoms. The minimum atomic E-state index is -1.69. The lowest BCUT2D eigenvalue weighted by Crippen LogP contribution is -2.13. The Bertz CT molecular complexity index is 457. The molecule has 1 rings (SSSR count). The molecule has 0 unspecified atom stereocenters. The van der Waals surface area contributed by atoms with Gasteiger partial charge in [0.2, 0.25) is 11.6 Å². The van der Waals surface area contributed by atoms with Gasteiger partial charge in [-0.1, -0.05) is 24.9 Å². The lowest BCUT2D eigenvalue weighted by Gasteiger charge is -2.11. The predicted molar refractivity (Wildman–Crippen MR) is 73.3 cm³/mol. The summed E-state index contributed by atoms with van der Waals surface area (Å²) in [6.07, 6.45) is 1.98. The zero-order valence-corrected chi connectivity index (χ0v) is 12.8. The molecule has 0 radical (unpaired) electrons. The van der Waals surface area contributed by atoms with Gasteiger partial charge in [0.05, 0.1) is 19.8 Å². The van der Waals surface area contributed by atoms with Crippen molar-refractivity contribution in [3.05, 3.63) is 28.3 Å². The van der Waals surface area contributed by atoms with E-state index in [2.05, 4.69) is 4.74 Å². The fourth-order valence-corrected chi connectivity index (χ4v) is 1.65. The van der Waals surface area contributed by atoms with E-state index in [1.807, 2.05) is 6.92 Å². The maximum atomic E-state index is 13.4. The van der Waals surface area contributed by atoms with Gasteiger partial charge in [0.25, 0.3) is 0 Å². The van der Waals surface area contributed by atoms with Gasteiger partial charge < -0.3 is 14.2 Å². The molecule has 1 aromatic rings. The zero-order valence-electron chi connectivity index (χ0n) is 12.1. The Morgan fingerprint density at radius 3 is 1.82 bits per heavy atom. The Kier molecular flexibility index (Phi) is 8.52. The van der Waals surface area contributed by atoms with E-state index < -0.39 is 34.0 Å². The Labute approximate surface area is 131 Å². The molecule has 0 aliphatic carbocycles. The van der Waals surface area contributed by atoms with Crippen molar-refractivity contribution in [3.63, 3.8) is 0 Å². The lowest BCUT2D eigenvalue weighted by molar-refractivity contribution is 0.0345. The van der Waals surface area contributed by atoms with Gasteiger partial charge in [-0.15, -0.1) is 0 Å². The molecule has 22 heavy (non-hydrogen) atoms. The Morgan fingerprint density at radius 1 is 0.773 bits per heavy atom. The number of benzene rings is 1. The van der Waals surface area contributed by atoms with Gasteiger partial charge in [-0.25, -0.2) is 8.78 Å². The second-order valence-electron chi connectivity index (χ2n) is 4.33. The van der Waals surface area contributed by atoms with Gasteiger partial charge in [0.1, 0.15) is 11.6 Å². The van der Waals surface area contributed by atoms with Gasteiger partial charge in [0.15, 0.2) is 17.4 Å². The molecule has 0 heterocycles. The van der Waals surface area contributed by atoms with Crippen molar-refractivity contribution in [1.29, 1.82) is 0 Å². The van der Waals surface area contributed by atoms with E-state index in [4.69, 9.17) is 21.1 Å². The fraction of sp³-hybridized carbons (Fsp3) is 0.571. The molecule has 0 saturated heterocycles. The zero-order chi connectivity index (χ0) is 16.5. The second-order valence-corrected chi connectivity index (χ2v) is 4.70.